The van der Waals surface area contributed by atoms with Gasteiger partial charge in [0, 0.05) is 37.1 Å². The lowest BCUT2D eigenvalue weighted by Gasteiger charge is -2.19. The third kappa shape index (κ3) is 3.94. The van der Waals surface area contributed by atoms with Gasteiger partial charge in [0.1, 0.15) is 0 Å². The van der Waals surface area contributed by atoms with Crippen molar-refractivity contribution < 1.29 is 4.92 Å². The summed E-state index contributed by atoms with van der Waals surface area (Å²) in [5, 5.41) is 10.7. The monoisotopic (exact) mass is 237 g/mol. The highest BCUT2D eigenvalue weighted by atomic mass is 16.6. The molecule has 0 fully saturated rings. The molecule has 17 heavy (non-hydrogen) atoms. The van der Waals surface area contributed by atoms with Crippen molar-refractivity contribution >= 4 is 17.1 Å². The van der Waals surface area contributed by atoms with Crippen molar-refractivity contribution in [3.63, 3.8) is 0 Å². The molecule has 0 atom stereocenters. The maximum absolute atomic E-state index is 10.7. The van der Waals surface area contributed by atoms with E-state index in [1.54, 1.807) is 12.1 Å². The number of nitro benzene ring substituents is 1. The summed E-state index contributed by atoms with van der Waals surface area (Å²) in [5.41, 5.74) is 6.93. The highest BCUT2D eigenvalue weighted by Crippen LogP contribution is 2.24. The van der Waals surface area contributed by atoms with Gasteiger partial charge in [-0.05, 0) is 12.5 Å². The fraction of sp³-hybridized carbons (Fsp3) is 0.500. The molecule has 5 nitrogen and oxygen atoms in total. The second kappa shape index (κ2) is 6.08. The van der Waals surface area contributed by atoms with Crippen LogP contribution < -0.4 is 10.6 Å². The molecule has 5 heteroatoms. The zero-order chi connectivity index (χ0) is 12.8. The van der Waals surface area contributed by atoms with E-state index in [1.165, 1.54) is 6.07 Å². The van der Waals surface area contributed by atoms with Gasteiger partial charge in [0.2, 0.25) is 0 Å². The number of benzene rings is 1. The largest absolute Gasteiger partial charge is 0.398 e. The van der Waals surface area contributed by atoms with Crippen LogP contribution in [0.3, 0.4) is 0 Å². The lowest BCUT2D eigenvalue weighted by molar-refractivity contribution is -0.384. The number of nitro groups is 1. The van der Waals surface area contributed by atoms with Crippen molar-refractivity contribution in [3.05, 3.63) is 28.3 Å². The number of hydrogen-bond donors (Lipinski definition) is 1. The zero-order valence-electron chi connectivity index (χ0n) is 10.3. The van der Waals surface area contributed by atoms with Gasteiger partial charge in [-0.1, -0.05) is 19.8 Å². The Morgan fingerprint density at radius 1 is 1.35 bits per heavy atom. The van der Waals surface area contributed by atoms with Crippen molar-refractivity contribution in [2.24, 2.45) is 0 Å². The highest BCUT2D eigenvalue weighted by Gasteiger charge is 2.10. The normalized spacial score (nSPS) is 10.2. The van der Waals surface area contributed by atoms with Gasteiger partial charge in [0.15, 0.2) is 0 Å². The minimum Gasteiger partial charge on any atom is -0.398 e. The Morgan fingerprint density at radius 3 is 2.65 bits per heavy atom. The molecule has 0 aliphatic carbocycles. The van der Waals surface area contributed by atoms with Crippen molar-refractivity contribution in [2.75, 3.05) is 24.2 Å². The van der Waals surface area contributed by atoms with Gasteiger partial charge in [-0.3, -0.25) is 10.1 Å². The predicted molar refractivity (Wildman–Crippen MR) is 70.3 cm³/mol. The summed E-state index contributed by atoms with van der Waals surface area (Å²) in [7, 11) is 1.92. The second-order valence-corrected chi connectivity index (χ2v) is 4.17. The molecule has 1 rings (SSSR count). The number of rotatable bonds is 6. The Bertz CT molecular complexity index is 393. The average molecular weight is 237 g/mol. The number of anilines is 2. The molecule has 0 aliphatic rings. The fourth-order valence-electron chi connectivity index (χ4n) is 1.67. The van der Waals surface area contributed by atoms with E-state index in [0.717, 1.165) is 31.5 Å². The fourth-order valence-corrected chi connectivity index (χ4v) is 1.67. The number of nitrogens with zero attached hydrogens (tertiary/aromatic N) is 2. The maximum Gasteiger partial charge on any atom is 0.273 e. The third-order valence-electron chi connectivity index (χ3n) is 2.67. The van der Waals surface area contributed by atoms with Crippen LogP contribution in [0.15, 0.2) is 18.2 Å². The van der Waals surface area contributed by atoms with E-state index in [1.807, 2.05) is 11.9 Å². The molecule has 94 valence electrons. The number of hydrogen-bond acceptors (Lipinski definition) is 4. The molecule has 0 amide bonds. The van der Waals surface area contributed by atoms with Crippen LogP contribution in [0, 0.1) is 10.1 Å². The van der Waals surface area contributed by atoms with E-state index in [4.69, 9.17) is 5.73 Å². The molecule has 0 aromatic heterocycles. The molecule has 0 heterocycles. The number of non-ortho nitro benzene ring substituents is 1. The molecule has 0 spiro atoms. The lowest BCUT2D eigenvalue weighted by atomic mass is 10.2. The summed E-state index contributed by atoms with van der Waals surface area (Å²) in [4.78, 5) is 12.3. The first-order chi connectivity index (χ1) is 8.04. The first-order valence-electron chi connectivity index (χ1n) is 5.80. The smallest absolute Gasteiger partial charge is 0.273 e. The molecule has 1 aromatic carbocycles. The van der Waals surface area contributed by atoms with Crippen LogP contribution in [0.1, 0.15) is 26.2 Å². The Hall–Kier alpha value is -1.78. The second-order valence-electron chi connectivity index (χ2n) is 4.17. The molecule has 0 saturated carbocycles. The Kier molecular flexibility index (Phi) is 4.75. The van der Waals surface area contributed by atoms with E-state index in [9.17, 15) is 10.1 Å². The number of nitrogen functional groups attached to an aromatic ring is 1. The first kappa shape index (κ1) is 13.3. The van der Waals surface area contributed by atoms with Gasteiger partial charge >= 0.3 is 0 Å². The van der Waals surface area contributed by atoms with Crippen LogP contribution in [0.5, 0.6) is 0 Å². The Balaban J connectivity index is 2.78. The minimum atomic E-state index is -0.417. The summed E-state index contributed by atoms with van der Waals surface area (Å²) in [5.74, 6) is 0. The van der Waals surface area contributed by atoms with Crippen molar-refractivity contribution in [2.45, 2.75) is 26.2 Å². The van der Waals surface area contributed by atoms with E-state index in [-0.39, 0.29) is 5.69 Å². The Morgan fingerprint density at radius 2 is 2.06 bits per heavy atom. The van der Waals surface area contributed by atoms with Crippen LogP contribution >= 0.6 is 0 Å². The quantitative estimate of drug-likeness (QED) is 0.357. The van der Waals surface area contributed by atoms with E-state index < -0.39 is 4.92 Å². The minimum absolute atomic E-state index is 0.0438. The van der Waals surface area contributed by atoms with Gasteiger partial charge in [0.05, 0.1) is 4.92 Å². The number of nitrogens with two attached hydrogens (primary N) is 1. The standard InChI is InChI=1S/C12H19N3O2/c1-3-4-5-6-14(2)11-7-10(13)8-12(9-11)15(16)17/h7-9H,3-6,13H2,1-2H3. The maximum atomic E-state index is 10.7. The van der Waals surface area contributed by atoms with E-state index in [2.05, 4.69) is 6.92 Å². The molecule has 0 unspecified atom stereocenters. The highest BCUT2D eigenvalue weighted by molar-refractivity contribution is 5.62. The van der Waals surface area contributed by atoms with Crippen molar-refractivity contribution in [1.82, 2.24) is 0 Å². The molecule has 0 aliphatic heterocycles. The van der Waals surface area contributed by atoms with Crippen LogP contribution in [-0.4, -0.2) is 18.5 Å². The molecular weight excluding hydrogens is 218 g/mol. The summed E-state index contributed by atoms with van der Waals surface area (Å²) < 4.78 is 0. The van der Waals surface area contributed by atoms with Gasteiger partial charge in [-0.2, -0.15) is 0 Å². The topological polar surface area (TPSA) is 72.4 Å². The first-order valence-corrected chi connectivity index (χ1v) is 5.80. The van der Waals surface area contributed by atoms with Gasteiger partial charge in [0.25, 0.3) is 5.69 Å². The molecule has 0 bridgehead atoms. The summed E-state index contributed by atoms with van der Waals surface area (Å²) >= 11 is 0. The van der Waals surface area contributed by atoms with Gasteiger partial charge in [-0.25, -0.2) is 0 Å². The summed E-state index contributed by atoms with van der Waals surface area (Å²) in [6.45, 7) is 3.03. The SMILES string of the molecule is CCCCCN(C)c1cc(N)cc([N+](=O)[O-])c1. The zero-order valence-corrected chi connectivity index (χ0v) is 10.3. The molecular formula is C12H19N3O2. The average Bonchev–Trinajstić information content (AvgIpc) is 2.28. The summed E-state index contributed by atoms with van der Waals surface area (Å²) in [6, 6.07) is 4.70. The van der Waals surface area contributed by atoms with Crippen molar-refractivity contribution in [3.8, 4) is 0 Å². The molecule has 0 saturated heterocycles. The van der Waals surface area contributed by atoms with Crippen LogP contribution in [0.4, 0.5) is 17.1 Å². The van der Waals surface area contributed by atoms with Gasteiger partial charge < -0.3 is 10.6 Å². The van der Waals surface area contributed by atoms with E-state index >= 15 is 0 Å². The van der Waals surface area contributed by atoms with Crippen LogP contribution in [0.25, 0.3) is 0 Å². The van der Waals surface area contributed by atoms with Gasteiger partial charge in [-0.15, -0.1) is 0 Å². The van der Waals surface area contributed by atoms with E-state index in [0.29, 0.717) is 5.69 Å². The molecule has 1 aromatic rings. The van der Waals surface area contributed by atoms with Crippen LogP contribution in [0.2, 0.25) is 0 Å². The lowest BCUT2D eigenvalue weighted by Crippen LogP contribution is -2.18. The third-order valence-corrected chi connectivity index (χ3v) is 2.67. The molecule has 0 radical (unpaired) electrons. The Labute approximate surface area is 101 Å². The van der Waals surface area contributed by atoms with Crippen LogP contribution in [-0.2, 0) is 0 Å². The predicted octanol–water partition coefficient (Wildman–Crippen LogP) is 2.80. The number of unbranched alkanes of at least 4 members (excludes halogenated alkanes) is 2. The summed E-state index contributed by atoms with van der Waals surface area (Å²) in [6.07, 6.45) is 3.40. The molecule has 2 N–H and O–H groups in total. The van der Waals surface area contributed by atoms with Crippen molar-refractivity contribution in [1.29, 1.82) is 0 Å².